The van der Waals surface area contributed by atoms with E-state index >= 15 is 0 Å². The minimum Gasteiger partial charge on any atom is -0.360 e. The Morgan fingerprint density at radius 3 is 2.60 bits per heavy atom. The molecular weight excluding hydrogens is 288 g/mol. The molecule has 0 bridgehead atoms. The minimum absolute atomic E-state index is 0.513. The van der Waals surface area contributed by atoms with E-state index in [-0.39, 0.29) is 0 Å². The highest BCUT2D eigenvalue weighted by atomic mass is 35.5. The van der Waals surface area contributed by atoms with Crippen LogP contribution in [0, 0.1) is 12.8 Å². The van der Waals surface area contributed by atoms with E-state index in [2.05, 4.69) is 17.6 Å². The summed E-state index contributed by atoms with van der Waals surface area (Å²) in [7, 11) is 0. The van der Waals surface area contributed by atoms with Gasteiger partial charge in [-0.3, -0.25) is 0 Å². The van der Waals surface area contributed by atoms with Gasteiger partial charge >= 0.3 is 0 Å². The molecule has 0 atom stereocenters. The third-order valence-electron chi connectivity index (χ3n) is 4.19. The van der Waals surface area contributed by atoms with E-state index in [1.54, 1.807) is 0 Å². The third-order valence-corrected chi connectivity index (χ3v) is 4.82. The van der Waals surface area contributed by atoms with Gasteiger partial charge in [0.25, 0.3) is 0 Å². The van der Waals surface area contributed by atoms with Crippen molar-refractivity contribution in [3.63, 3.8) is 0 Å². The highest BCUT2D eigenvalue weighted by Gasteiger charge is 2.20. The molecule has 1 aromatic rings. The highest BCUT2D eigenvalue weighted by Crippen LogP contribution is 2.26. The van der Waals surface area contributed by atoms with Crippen molar-refractivity contribution in [1.82, 2.24) is 5.32 Å². The van der Waals surface area contributed by atoms with Crippen molar-refractivity contribution in [2.24, 2.45) is 5.92 Å². The van der Waals surface area contributed by atoms with E-state index in [1.807, 2.05) is 25.1 Å². The first-order valence-corrected chi connectivity index (χ1v) is 8.20. The number of anilines is 1. The predicted molar refractivity (Wildman–Crippen MR) is 91.6 cm³/mol. The van der Waals surface area contributed by atoms with Gasteiger partial charge < -0.3 is 10.6 Å². The van der Waals surface area contributed by atoms with Gasteiger partial charge in [-0.1, -0.05) is 31.0 Å². The number of thiocarbonyl (C=S) groups is 1. The van der Waals surface area contributed by atoms with Crippen LogP contribution in [0.4, 0.5) is 5.69 Å². The molecular formula is C16H23ClN2S. The highest BCUT2D eigenvalue weighted by molar-refractivity contribution is 7.80. The third kappa shape index (κ3) is 4.35. The van der Waals surface area contributed by atoms with Crippen LogP contribution in [-0.4, -0.2) is 11.2 Å². The van der Waals surface area contributed by atoms with Crippen molar-refractivity contribution in [3.8, 4) is 0 Å². The molecule has 0 spiro atoms. The van der Waals surface area contributed by atoms with E-state index in [0.29, 0.717) is 11.2 Å². The zero-order valence-corrected chi connectivity index (χ0v) is 13.8. The molecule has 1 saturated carbocycles. The van der Waals surface area contributed by atoms with E-state index in [4.69, 9.17) is 23.8 Å². The van der Waals surface area contributed by atoms with Crippen LogP contribution in [0.1, 0.15) is 44.6 Å². The van der Waals surface area contributed by atoms with E-state index in [9.17, 15) is 0 Å². The second-order valence-corrected chi connectivity index (χ2v) is 6.50. The van der Waals surface area contributed by atoms with Gasteiger partial charge in [-0.2, -0.15) is 0 Å². The van der Waals surface area contributed by atoms with Gasteiger partial charge in [0.15, 0.2) is 5.11 Å². The van der Waals surface area contributed by atoms with E-state index < -0.39 is 0 Å². The van der Waals surface area contributed by atoms with E-state index in [1.165, 1.54) is 32.1 Å². The Morgan fingerprint density at radius 2 is 2.00 bits per heavy atom. The Bertz CT molecular complexity index is 468. The van der Waals surface area contributed by atoms with Gasteiger partial charge in [0.1, 0.15) is 0 Å². The molecule has 1 aromatic carbocycles. The maximum atomic E-state index is 6.12. The molecule has 2 nitrogen and oxygen atoms in total. The SMILES string of the molecule is CCC1CCC(NC(=S)Nc2ccc(C)c(Cl)c2)CC1. The van der Waals surface area contributed by atoms with Crippen LogP contribution in [0.2, 0.25) is 5.02 Å². The number of hydrogen-bond donors (Lipinski definition) is 2. The van der Waals surface area contributed by atoms with Gasteiger partial charge in [-0.15, -0.1) is 0 Å². The van der Waals surface area contributed by atoms with Crippen molar-refractivity contribution in [3.05, 3.63) is 28.8 Å². The molecule has 0 aliphatic heterocycles. The summed E-state index contributed by atoms with van der Waals surface area (Å²) in [6.07, 6.45) is 6.36. The fourth-order valence-electron chi connectivity index (χ4n) is 2.74. The fourth-order valence-corrected chi connectivity index (χ4v) is 3.20. The van der Waals surface area contributed by atoms with Gasteiger partial charge in [-0.05, 0) is 68.4 Å². The molecule has 110 valence electrons. The van der Waals surface area contributed by atoms with Crippen molar-refractivity contribution >= 4 is 34.6 Å². The Morgan fingerprint density at radius 1 is 1.30 bits per heavy atom. The van der Waals surface area contributed by atoms with Crippen LogP contribution in [0.25, 0.3) is 0 Å². The molecule has 0 unspecified atom stereocenters. The normalized spacial score (nSPS) is 22.4. The van der Waals surface area contributed by atoms with Crippen molar-refractivity contribution in [2.75, 3.05) is 5.32 Å². The first-order chi connectivity index (χ1) is 9.58. The summed E-state index contributed by atoms with van der Waals surface area (Å²) in [5, 5.41) is 8.11. The minimum atomic E-state index is 0.513. The summed E-state index contributed by atoms with van der Waals surface area (Å²) in [5.41, 5.74) is 2.02. The lowest BCUT2D eigenvalue weighted by Crippen LogP contribution is -2.39. The zero-order valence-electron chi connectivity index (χ0n) is 12.2. The zero-order chi connectivity index (χ0) is 14.5. The second-order valence-electron chi connectivity index (χ2n) is 5.69. The van der Waals surface area contributed by atoms with Crippen LogP contribution < -0.4 is 10.6 Å². The average Bonchev–Trinajstić information content (AvgIpc) is 2.44. The van der Waals surface area contributed by atoms with Crippen molar-refractivity contribution in [2.45, 2.75) is 52.0 Å². The summed E-state index contributed by atoms with van der Waals surface area (Å²) in [5.74, 6) is 0.908. The quantitative estimate of drug-likeness (QED) is 0.776. The number of hydrogen-bond acceptors (Lipinski definition) is 1. The van der Waals surface area contributed by atoms with Crippen LogP contribution in [0.15, 0.2) is 18.2 Å². The predicted octanol–water partition coefficient (Wildman–Crippen LogP) is 4.90. The Balaban J connectivity index is 1.82. The smallest absolute Gasteiger partial charge is 0.170 e. The molecule has 0 radical (unpaired) electrons. The van der Waals surface area contributed by atoms with Crippen LogP contribution in [0.5, 0.6) is 0 Å². The summed E-state index contributed by atoms with van der Waals surface area (Å²) < 4.78 is 0. The molecule has 1 fully saturated rings. The number of aryl methyl sites for hydroxylation is 1. The summed E-state index contributed by atoms with van der Waals surface area (Å²) >= 11 is 11.5. The molecule has 0 saturated heterocycles. The van der Waals surface area contributed by atoms with Crippen LogP contribution >= 0.6 is 23.8 Å². The number of rotatable bonds is 3. The molecule has 2 rings (SSSR count). The van der Waals surface area contributed by atoms with Gasteiger partial charge in [0.05, 0.1) is 0 Å². The molecule has 1 aliphatic carbocycles. The average molecular weight is 311 g/mol. The van der Waals surface area contributed by atoms with Gasteiger partial charge in [0, 0.05) is 16.8 Å². The van der Waals surface area contributed by atoms with Crippen LogP contribution in [0.3, 0.4) is 0 Å². The van der Waals surface area contributed by atoms with Gasteiger partial charge in [0.2, 0.25) is 0 Å². The largest absolute Gasteiger partial charge is 0.360 e. The molecule has 0 amide bonds. The van der Waals surface area contributed by atoms with Crippen molar-refractivity contribution in [1.29, 1.82) is 0 Å². The van der Waals surface area contributed by atoms with Crippen molar-refractivity contribution < 1.29 is 0 Å². The number of nitrogens with one attached hydrogen (secondary N) is 2. The summed E-state index contributed by atoms with van der Waals surface area (Å²) in [6, 6.07) is 6.43. The summed E-state index contributed by atoms with van der Waals surface area (Å²) in [4.78, 5) is 0. The van der Waals surface area contributed by atoms with Crippen LogP contribution in [-0.2, 0) is 0 Å². The Kier molecular flexibility index (Phi) is 5.67. The lowest BCUT2D eigenvalue weighted by Gasteiger charge is -2.29. The first kappa shape index (κ1) is 15.6. The molecule has 0 aromatic heterocycles. The molecule has 1 aliphatic rings. The topological polar surface area (TPSA) is 24.1 Å². The Hall–Kier alpha value is -0.800. The Labute approximate surface area is 132 Å². The lowest BCUT2D eigenvalue weighted by molar-refractivity contribution is 0.306. The summed E-state index contributed by atoms with van der Waals surface area (Å²) in [6.45, 7) is 4.28. The standard InChI is InChI=1S/C16H23ClN2S/c1-3-12-5-8-13(9-6-12)18-16(20)19-14-7-4-11(2)15(17)10-14/h4,7,10,12-13H,3,5-6,8-9H2,1-2H3,(H2,18,19,20). The van der Waals surface area contributed by atoms with Gasteiger partial charge in [-0.25, -0.2) is 0 Å². The fraction of sp³-hybridized carbons (Fsp3) is 0.562. The molecule has 0 heterocycles. The molecule has 2 N–H and O–H groups in total. The second kappa shape index (κ2) is 7.28. The molecule has 20 heavy (non-hydrogen) atoms. The molecule has 4 heteroatoms. The maximum Gasteiger partial charge on any atom is 0.170 e. The maximum absolute atomic E-state index is 6.12. The number of halogens is 1. The van der Waals surface area contributed by atoms with E-state index in [0.717, 1.165) is 22.2 Å². The number of benzene rings is 1. The first-order valence-electron chi connectivity index (χ1n) is 7.42. The lowest BCUT2D eigenvalue weighted by atomic mass is 9.85. The monoisotopic (exact) mass is 310 g/mol.